The fraction of sp³-hybridized carbons (Fsp3) is 0.143. The molecule has 0 saturated heterocycles. The van der Waals surface area contributed by atoms with Gasteiger partial charge in [0.05, 0.1) is 14.2 Å². The van der Waals surface area contributed by atoms with Crippen LogP contribution in [-0.4, -0.2) is 14.2 Å². The molecule has 0 aliphatic heterocycles. The molecule has 0 spiro atoms. The average molecular weight is 293 g/mol. The minimum atomic E-state index is 0.823. The number of hydrogen-bond acceptors (Lipinski definition) is 2. The van der Waals surface area contributed by atoms with E-state index in [-0.39, 0.29) is 0 Å². The normalized spacial score (nSPS) is 10.1. The second-order valence-electron chi connectivity index (χ2n) is 3.52. The van der Waals surface area contributed by atoms with Crippen molar-refractivity contribution in [2.45, 2.75) is 0 Å². The van der Waals surface area contributed by atoms with Crippen molar-refractivity contribution in [1.29, 1.82) is 0 Å². The molecule has 2 aromatic rings. The molecule has 0 aliphatic carbocycles. The summed E-state index contributed by atoms with van der Waals surface area (Å²) in [6.07, 6.45) is 0. The highest BCUT2D eigenvalue weighted by molar-refractivity contribution is 9.10. The lowest BCUT2D eigenvalue weighted by Crippen LogP contribution is -1.92. The van der Waals surface area contributed by atoms with Crippen LogP contribution in [0.4, 0.5) is 0 Å². The van der Waals surface area contributed by atoms with Gasteiger partial charge in [-0.1, -0.05) is 40.2 Å². The Hall–Kier alpha value is -1.48. The van der Waals surface area contributed by atoms with Gasteiger partial charge in [-0.25, -0.2) is 0 Å². The number of hydrogen-bond donors (Lipinski definition) is 0. The van der Waals surface area contributed by atoms with E-state index in [2.05, 4.69) is 15.9 Å². The summed E-state index contributed by atoms with van der Waals surface area (Å²) in [4.78, 5) is 0. The summed E-state index contributed by atoms with van der Waals surface area (Å²) >= 11 is 3.55. The van der Waals surface area contributed by atoms with E-state index >= 15 is 0 Å². The highest BCUT2D eigenvalue weighted by Gasteiger charge is 2.13. The summed E-state index contributed by atoms with van der Waals surface area (Å²) in [7, 11) is 3.34. The lowest BCUT2D eigenvalue weighted by atomic mass is 10.0. The zero-order chi connectivity index (χ0) is 12.3. The average Bonchev–Trinajstić information content (AvgIpc) is 2.38. The van der Waals surface area contributed by atoms with Crippen LogP contribution in [0.15, 0.2) is 46.9 Å². The van der Waals surface area contributed by atoms with E-state index in [1.54, 1.807) is 14.2 Å². The second kappa shape index (κ2) is 5.23. The van der Waals surface area contributed by atoms with Crippen molar-refractivity contribution in [3.63, 3.8) is 0 Å². The third-order valence-corrected chi connectivity index (χ3v) is 3.23. The van der Waals surface area contributed by atoms with Gasteiger partial charge < -0.3 is 9.47 Å². The SMILES string of the molecule is COc1ccccc1-c1c(Br)cccc1OC. The minimum Gasteiger partial charge on any atom is -0.496 e. The van der Waals surface area contributed by atoms with Gasteiger partial charge in [0.15, 0.2) is 0 Å². The summed E-state index contributed by atoms with van der Waals surface area (Å²) in [6.45, 7) is 0. The van der Waals surface area contributed by atoms with Crippen LogP contribution in [0.3, 0.4) is 0 Å². The Labute approximate surface area is 109 Å². The fourth-order valence-electron chi connectivity index (χ4n) is 1.79. The molecule has 0 radical (unpaired) electrons. The zero-order valence-corrected chi connectivity index (χ0v) is 11.3. The van der Waals surface area contributed by atoms with Crippen LogP contribution in [0.5, 0.6) is 11.5 Å². The van der Waals surface area contributed by atoms with Gasteiger partial charge in [0.1, 0.15) is 11.5 Å². The fourth-order valence-corrected chi connectivity index (χ4v) is 2.35. The quantitative estimate of drug-likeness (QED) is 0.847. The maximum atomic E-state index is 5.39. The van der Waals surface area contributed by atoms with Crippen molar-refractivity contribution in [2.75, 3.05) is 14.2 Å². The van der Waals surface area contributed by atoms with Gasteiger partial charge in [-0.05, 0) is 18.2 Å². The smallest absolute Gasteiger partial charge is 0.127 e. The summed E-state index contributed by atoms with van der Waals surface area (Å²) in [6, 6.07) is 13.8. The first kappa shape index (κ1) is 12.0. The first-order valence-electron chi connectivity index (χ1n) is 5.24. The Morgan fingerprint density at radius 2 is 1.47 bits per heavy atom. The van der Waals surface area contributed by atoms with Crippen molar-refractivity contribution in [3.05, 3.63) is 46.9 Å². The number of rotatable bonds is 3. The first-order chi connectivity index (χ1) is 8.27. The molecule has 0 heterocycles. The molecule has 0 amide bonds. The molecular weight excluding hydrogens is 280 g/mol. The van der Waals surface area contributed by atoms with Crippen LogP contribution in [0, 0.1) is 0 Å². The molecule has 0 atom stereocenters. The molecule has 3 heteroatoms. The molecule has 2 nitrogen and oxygen atoms in total. The van der Waals surface area contributed by atoms with Gasteiger partial charge in [-0.15, -0.1) is 0 Å². The molecule has 2 rings (SSSR count). The number of para-hydroxylation sites is 1. The standard InChI is InChI=1S/C14H13BrO2/c1-16-12-8-4-3-6-10(12)14-11(15)7-5-9-13(14)17-2/h3-9H,1-2H3. The van der Waals surface area contributed by atoms with E-state index in [4.69, 9.17) is 9.47 Å². The largest absolute Gasteiger partial charge is 0.496 e. The van der Waals surface area contributed by atoms with Crippen LogP contribution in [0.1, 0.15) is 0 Å². The second-order valence-corrected chi connectivity index (χ2v) is 4.37. The van der Waals surface area contributed by atoms with Crippen molar-refractivity contribution in [1.82, 2.24) is 0 Å². The van der Waals surface area contributed by atoms with E-state index in [0.29, 0.717) is 0 Å². The molecule has 0 aliphatic rings. The molecule has 0 bridgehead atoms. The topological polar surface area (TPSA) is 18.5 Å². The van der Waals surface area contributed by atoms with Crippen LogP contribution in [0.2, 0.25) is 0 Å². The van der Waals surface area contributed by atoms with E-state index in [0.717, 1.165) is 27.1 Å². The van der Waals surface area contributed by atoms with Gasteiger partial charge in [-0.2, -0.15) is 0 Å². The van der Waals surface area contributed by atoms with Crippen molar-refractivity contribution >= 4 is 15.9 Å². The zero-order valence-electron chi connectivity index (χ0n) is 9.74. The molecule has 0 saturated carbocycles. The third-order valence-electron chi connectivity index (χ3n) is 2.57. The lowest BCUT2D eigenvalue weighted by Gasteiger charge is -2.13. The van der Waals surface area contributed by atoms with Crippen molar-refractivity contribution in [3.8, 4) is 22.6 Å². The summed E-state index contributed by atoms with van der Waals surface area (Å²) in [5.74, 6) is 1.65. The summed E-state index contributed by atoms with van der Waals surface area (Å²) in [5, 5.41) is 0. The predicted molar refractivity (Wildman–Crippen MR) is 72.7 cm³/mol. The monoisotopic (exact) mass is 292 g/mol. The van der Waals surface area contributed by atoms with Crippen LogP contribution in [-0.2, 0) is 0 Å². The first-order valence-corrected chi connectivity index (χ1v) is 6.03. The summed E-state index contributed by atoms with van der Waals surface area (Å²) < 4.78 is 11.8. The number of methoxy groups -OCH3 is 2. The van der Waals surface area contributed by atoms with Crippen LogP contribution in [0.25, 0.3) is 11.1 Å². The minimum absolute atomic E-state index is 0.823. The van der Waals surface area contributed by atoms with Gasteiger partial charge >= 0.3 is 0 Å². The van der Waals surface area contributed by atoms with E-state index in [1.807, 2.05) is 42.5 Å². The van der Waals surface area contributed by atoms with Gasteiger partial charge in [0.25, 0.3) is 0 Å². The predicted octanol–water partition coefficient (Wildman–Crippen LogP) is 4.13. The Kier molecular flexibility index (Phi) is 3.69. The molecule has 0 unspecified atom stereocenters. The molecular formula is C14H13BrO2. The van der Waals surface area contributed by atoms with Gasteiger partial charge in [0.2, 0.25) is 0 Å². The van der Waals surface area contributed by atoms with E-state index in [1.165, 1.54) is 0 Å². The maximum absolute atomic E-state index is 5.39. The third kappa shape index (κ3) is 2.29. The van der Waals surface area contributed by atoms with E-state index < -0.39 is 0 Å². The van der Waals surface area contributed by atoms with Gasteiger partial charge in [0, 0.05) is 15.6 Å². The maximum Gasteiger partial charge on any atom is 0.127 e. The molecule has 17 heavy (non-hydrogen) atoms. The number of halogens is 1. The molecule has 88 valence electrons. The van der Waals surface area contributed by atoms with E-state index in [9.17, 15) is 0 Å². The Balaban J connectivity index is 2.67. The van der Waals surface area contributed by atoms with Gasteiger partial charge in [-0.3, -0.25) is 0 Å². The van der Waals surface area contributed by atoms with Crippen molar-refractivity contribution in [2.24, 2.45) is 0 Å². The Morgan fingerprint density at radius 1 is 0.824 bits per heavy atom. The number of ether oxygens (including phenoxy) is 2. The summed E-state index contributed by atoms with van der Waals surface area (Å²) in [5.41, 5.74) is 2.02. The Morgan fingerprint density at radius 3 is 2.18 bits per heavy atom. The number of benzene rings is 2. The highest BCUT2D eigenvalue weighted by Crippen LogP contribution is 2.40. The highest BCUT2D eigenvalue weighted by atomic mass is 79.9. The molecule has 0 aromatic heterocycles. The lowest BCUT2D eigenvalue weighted by molar-refractivity contribution is 0.410. The van der Waals surface area contributed by atoms with Crippen LogP contribution < -0.4 is 9.47 Å². The molecule has 2 aromatic carbocycles. The van der Waals surface area contributed by atoms with Crippen molar-refractivity contribution < 1.29 is 9.47 Å². The molecule has 0 N–H and O–H groups in total. The Bertz CT molecular complexity index is 523. The molecule has 0 fully saturated rings. The van der Waals surface area contributed by atoms with Crippen LogP contribution >= 0.6 is 15.9 Å².